The summed E-state index contributed by atoms with van der Waals surface area (Å²) in [5, 5.41) is 0.0627. The van der Waals surface area contributed by atoms with Gasteiger partial charge in [0, 0.05) is 18.0 Å². The Morgan fingerprint density at radius 1 is 1.11 bits per heavy atom. The number of thioether (sulfide) groups is 1. The van der Waals surface area contributed by atoms with Gasteiger partial charge in [0.15, 0.2) is 5.12 Å². The summed E-state index contributed by atoms with van der Waals surface area (Å²) in [5.41, 5.74) is 1.63. The van der Waals surface area contributed by atoms with Gasteiger partial charge in [0.05, 0.1) is 5.69 Å². The van der Waals surface area contributed by atoms with Crippen molar-refractivity contribution in [3.05, 3.63) is 59.9 Å². The summed E-state index contributed by atoms with van der Waals surface area (Å²) in [6.45, 7) is 1.54. The summed E-state index contributed by atoms with van der Waals surface area (Å²) >= 11 is 1.20. The highest BCUT2D eigenvalue weighted by atomic mass is 32.2. The third-order valence-corrected chi connectivity index (χ3v) is 3.13. The molecule has 0 amide bonds. The Hall–Kier alpha value is -1.94. The predicted octanol–water partition coefficient (Wildman–Crippen LogP) is 4.21. The fraction of sp³-hybridized carbons (Fsp3) is 0.0667. The maximum atomic E-state index is 12.7. The summed E-state index contributed by atoms with van der Waals surface area (Å²) in [7, 11) is 0. The first-order chi connectivity index (χ1) is 9.13. The van der Waals surface area contributed by atoms with E-state index in [-0.39, 0.29) is 10.9 Å². The molecule has 96 valence electrons. The van der Waals surface area contributed by atoms with Gasteiger partial charge < -0.3 is 0 Å². The highest BCUT2D eigenvalue weighted by Crippen LogP contribution is 2.19. The molecule has 4 heteroatoms. The van der Waals surface area contributed by atoms with Crippen LogP contribution in [0.4, 0.5) is 10.1 Å². The molecule has 0 aliphatic rings. The second-order valence-electron chi connectivity index (χ2n) is 3.90. The molecule has 0 spiro atoms. The maximum Gasteiger partial charge on any atom is 0.190 e. The summed E-state index contributed by atoms with van der Waals surface area (Å²) in [6.07, 6.45) is 1.70. The first kappa shape index (κ1) is 13.5. The minimum Gasteiger partial charge on any atom is -0.287 e. The molecule has 2 nitrogen and oxygen atoms in total. The second kappa shape index (κ2) is 6.29. The molecular weight excluding hydrogens is 261 g/mol. The molecule has 0 radical (unpaired) electrons. The van der Waals surface area contributed by atoms with E-state index in [1.54, 1.807) is 18.3 Å². The Labute approximate surface area is 115 Å². The minimum atomic E-state index is -0.274. The van der Waals surface area contributed by atoms with Crippen LogP contribution >= 0.6 is 11.8 Å². The van der Waals surface area contributed by atoms with E-state index in [1.165, 1.54) is 30.8 Å². The zero-order chi connectivity index (χ0) is 13.7. The van der Waals surface area contributed by atoms with E-state index in [4.69, 9.17) is 0 Å². The molecule has 0 aliphatic carbocycles. The normalized spacial score (nSPS) is 10.8. The lowest BCUT2D eigenvalue weighted by Crippen LogP contribution is -1.83. The second-order valence-corrected chi connectivity index (χ2v) is 5.15. The van der Waals surface area contributed by atoms with Crippen LogP contribution in [-0.2, 0) is 4.79 Å². The van der Waals surface area contributed by atoms with Crippen LogP contribution in [0.25, 0.3) is 0 Å². The first-order valence-electron chi connectivity index (χ1n) is 5.71. The van der Waals surface area contributed by atoms with Crippen LogP contribution in [0.3, 0.4) is 0 Å². The lowest BCUT2D eigenvalue weighted by atomic mass is 10.2. The smallest absolute Gasteiger partial charge is 0.190 e. The van der Waals surface area contributed by atoms with Crippen molar-refractivity contribution in [1.82, 2.24) is 0 Å². The molecule has 0 aliphatic heterocycles. The largest absolute Gasteiger partial charge is 0.287 e. The molecule has 2 rings (SSSR count). The van der Waals surface area contributed by atoms with Crippen molar-refractivity contribution < 1.29 is 9.18 Å². The van der Waals surface area contributed by atoms with Crippen LogP contribution < -0.4 is 0 Å². The number of carbonyl (C=O) groups is 1. The van der Waals surface area contributed by atoms with Gasteiger partial charge in [-0.25, -0.2) is 4.39 Å². The zero-order valence-corrected chi connectivity index (χ0v) is 11.2. The number of rotatable bonds is 3. The Bertz CT molecular complexity index is 591. The molecule has 2 aromatic rings. The summed E-state index contributed by atoms with van der Waals surface area (Å²) in [5.74, 6) is -0.274. The van der Waals surface area contributed by atoms with Crippen LogP contribution in [-0.4, -0.2) is 11.3 Å². The molecule has 19 heavy (non-hydrogen) atoms. The molecule has 0 atom stereocenters. The number of benzene rings is 2. The van der Waals surface area contributed by atoms with Gasteiger partial charge in [-0.05, 0) is 42.0 Å². The molecule has 0 aromatic heterocycles. The Morgan fingerprint density at radius 2 is 1.74 bits per heavy atom. The molecule has 0 saturated carbocycles. The summed E-state index contributed by atoms with van der Waals surface area (Å²) < 4.78 is 12.7. The van der Waals surface area contributed by atoms with E-state index < -0.39 is 0 Å². The van der Waals surface area contributed by atoms with E-state index in [0.29, 0.717) is 5.69 Å². The van der Waals surface area contributed by atoms with Gasteiger partial charge in [-0.1, -0.05) is 23.9 Å². The van der Waals surface area contributed by atoms with Crippen molar-refractivity contribution in [3.63, 3.8) is 0 Å². The van der Waals surface area contributed by atoms with Gasteiger partial charge >= 0.3 is 0 Å². The number of halogens is 1. The van der Waals surface area contributed by atoms with Crippen LogP contribution in [0.1, 0.15) is 12.5 Å². The third kappa shape index (κ3) is 4.34. The van der Waals surface area contributed by atoms with Crippen molar-refractivity contribution in [1.29, 1.82) is 0 Å². The molecule has 0 heterocycles. The van der Waals surface area contributed by atoms with Crippen LogP contribution in [0.5, 0.6) is 0 Å². The Balaban J connectivity index is 2.06. The summed E-state index contributed by atoms with van der Waals surface area (Å²) in [6, 6.07) is 13.5. The SMILES string of the molecule is CC(=O)Sc1ccc(/C=N/c2ccc(F)cc2)cc1. The van der Waals surface area contributed by atoms with Crippen LogP contribution in [0.15, 0.2) is 58.4 Å². The standard InChI is InChI=1S/C15H12FNOS/c1-11(18)19-15-8-2-12(3-9-15)10-17-14-6-4-13(16)5-7-14/h2-10H,1H3/b17-10+. The van der Waals surface area contributed by atoms with Crippen molar-refractivity contribution in [2.75, 3.05) is 0 Å². The van der Waals surface area contributed by atoms with Crippen molar-refractivity contribution >= 4 is 28.8 Å². The minimum absolute atomic E-state index is 0.0627. The third-order valence-electron chi connectivity index (χ3n) is 2.33. The number of nitrogens with zero attached hydrogens (tertiary/aromatic N) is 1. The van der Waals surface area contributed by atoms with Gasteiger partial charge in [0.1, 0.15) is 5.82 Å². The lowest BCUT2D eigenvalue weighted by Gasteiger charge is -1.98. The Morgan fingerprint density at radius 3 is 2.32 bits per heavy atom. The van der Waals surface area contributed by atoms with E-state index in [9.17, 15) is 9.18 Å². The van der Waals surface area contributed by atoms with Crippen LogP contribution in [0, 0.1) is 5.82 Å². The average molecular weight is 273 g/mol. The van der Waals surface area contributed by atoms with Gasteiger partial charge in [-0.3, -0.25) is 9.79 Å². The predicted molar refractivity (Wildman–Crippen MR) is 76.6 cm³/mol. The monoisotopic (exact) mass is 273 g/mol. The molecule has 2 aromatic carbocycles. The topological polar surface area (TPSA) is 29.4 Å². The van der Waals surface area contributed by atoms with Crippen LogP contribution in [0.2, 0.25) is 0 Å². The van der Waals surface area contributed by atoms with E-state index in [2.05, 4.69) is 4.99 Å². The van der Waals surface area contributed by atoms with Crippen molar-refractivity contribution in [3.8, 4) is 0 Å². The maximum absolute atomic E-state index is 12.7. The van der Waals surface area contributed by atoms with E-state index >= 15 is 0 Å². The van der Waals surface area contributed by atoms with Gasteiger partial charge in [0.2, 0.25) is 0 Å². The quantitative estimate of drug-likeness (QED) is 0.619. The number of aliphatic imine (C=N–C) groups is 1. The molecule has 0 unspecified atom stereocenters. The fourth-order valence-corrected chi connectivity index (χ4v) is 2.07. The number of hydrogen-bond donors (Lipinski definition) is 0. The van der Waals surface area contributed by atoms with E-state index in [0.717, 1.165) is 10.5 Å². The lowest BCUT2D eigenvalue weighted by molar-refractivity contribution is -0.109. The van der Waals surface area contributed by atoms with Crippen molar-refractivity contribution in [2.24, 2.45) is 4.99 Å². The van der Waals surface area contributed by atoms with Gasteiger partial charge in [-0.15, -0.1) is 0 Å². The highest BCUT2D eigenvalue weighted by Gasteiger charge is 1.97. The van der Waals surface area contributed by atoms with Gasteiger partial charge in [0.25, 0.3) is 0 Å². The first-order valence-corrected chi connectivity index (χ1v) is 6.53. The average Bonchev–Trinajstić information content (AvgIpc) is 2.39. The summed E-state index contributed by atoms with van der Waals surface area (Å²) in [4.78, 5) is 16.1. The molecule has 0 saturated heterocycles. The fourth-order valence-electron chi connectivity index (χ4n) is 1.46. The number of carbonyl (C=O) groups excluding carboxylic acids is 1. The Kier molecular flexibility index (Phi) is 4.47. The zero-order valence-electron chi connectivity index (χ0n) is 10.3. The van der Waals surface area contributed by atoms with Gasteiger partial charge in [-0.2, -0.15) is 0 Å². The molecule has 0 bridgehead atoms. The highest BCUT2D eigenvalue weighted by molar-refractivity contribution is 8.13. The molecule has 0 fully saturated rings. The number of hydrogen-bond acceptors (Lipinski definition) is 3. The van der Waals surface area contributed by atoms with E-state index in [1.807, 2.05) is 24.3 Å². The van der Waals surface area contributed by atoms with Crippen molar-refractivity contribution in [2.45, 2.75) is 11.8 Å². The molecule has 0 N–H and O–H groups in total. The molecular formula is C15H12FNOS.